The third-order valence-corrected chi connectivity index (χ3v) is 6.72. The molecule has 0 fully saturated rings. The fourth-order valence-electron chi connectivity index (χ4n) is 3.61. The molecule has 3 heterocycles. The minimum absolute atomic E-state index is 0.0291. The Morgan fingerprint density at radius 2 is 2.09 bits per heavy atom. The molecule has 0 saturated heterocycles. The van der Waals surface area contributed by atoms with Crippen LogP contribution in [-0.2, 0) is 26.0 Å². The van der Waals surface area contributed by atoms with Crippen LogP contribution in [0.15, 0.2) is 51.9 Å². The molecule has 11 nitrogen and oxygen atoms in total. The first-order chi connectivity index (χ1) is 16.8. The number of hydrogen-bond acceptors (Lipinski definition) is 9. The van der Waals surface area contributed by atoms with E-state index in [0.717, 1.165) is 20.3 Å². The van der Waals surface area contributed by atoms with Gasteiger partial charge in [0, 0.05) is 19.5 Å². The monoisotopic (exact) mass is 515 g/mol. The molecule has 2 aromatic heterocycles. The summed E-state index contributed by atoms with van der Waals surface area (Å²) in [6, 6.07) is 4.80. The lowest BCUT2D eigenvalue weighted by Crippen LogP contribution is -2.46. The molecule has 1 aromatic carbocycles. The number of sulfonamides is 1. The first-order valence-electron chi connectivity index (χ1n) is 10.0. The lowest BCUT2D eigenvalue weighted by Gasteiger charge is -2.27. The number of alkyl halides is 3. The summed E-state index contributed by atoms with van der Waals surface area (Å²) in [5.74, 6) is -0.835. The Kier molecular flexibility index (Phi) is 6.98. The van der Waals surface area contributed by atoms with Crippen molar-refractivity contribution in [2.75, 3.05) is 25.8 Å². The molecule has 0 aliphatic carbocycles. The van der Waals surface area contributed by atoms with Gasteiger partial charge in [-0.05, 0) is 29.8 Å². The number of halogens is 3. The van der Waals surface area contributed by atoms with E-state index < -0.39 is 46.3 Å². The van der Waals surface area contributed by atoms with E-state index in [4.69, 9.17) is 18.7 Å². The molecule has 4 rings (SSSR count). The SMILES string of the molecule is COC1=NC(C(F)F)=CC(OC)C1S(=O)(=O)Nc1noc2cc(Cn3cccn3)cc(OCF)c12. The Morgan fingerprint density at radius 3 is 2.71 bits per heavy atom. The fraction of sp³-hybridized carbons (Fsp3) is 0.350. The first kappa shape index (κ1) is 24.5. The second-order valence-corrected chi connectivity index (χ2v) is 9.07. The third kappa shape index (κ3) is 4.95. The normalized spacial score (nSPS) is 18.5. The highest BCUT2D eigenvalue weighted by Gasteiger charge is 2.43. The van der Waals surface area contributed by atoms with E-state index in [1.165, 1.54) is 6.07 Å². The zero-order chi connectivity index (χ0) is 25.2. The molecule has 0 spiro atoms. The van der Waals surface area contributed by atoms with Crippen molar-refractivity contribution in [1.82, 2.24) is 14.9 Å². The molecule has 0 bridgehead atoms. The summed E-state index contributed by atoms with van der Waals surface area (Å²) in [7, 11) is -2.20. The van der Waals surface area contributed by atoms with Gasteiger partial charge >= 0.3 is 0 Å². The van der Waals surface area contributed by atoms with Crippen LogP contribution >= 0.6 is 0 Å². The number of benzene rings is 1. The Labute approximate surface area is 197 Å². The quantitative estimate of drug-likeness (QED) is 0.461. The summed E-state index contributed by atoms with van der Waals surface area (Å²) >= 11 is 0. The van der Waals surface area contributed by atoms with E-state index in [9.17, 15) is 21.6 Å². The van der Waals surface area contributed by atoms with Crippen LogP contribution in [0.3, 0.4) is 0 Å². The van der Waals surface area contributed by atoms with Crippen molar-refractivity contribution in [3.63, 3.8) is 0 Å². The lowest BCUT2D eigenvalue weighted by molar-refractivity contribution is 0.132. The molecule has 1 aliphatic rings. The van der Waals surface area contributed by atoms with Crippen molar-refractivity contribution in [1.29, 1.82) is 0 Å². The highest BCUT2D eigenvalue weighted by atomic mass is 32.2. The summed E-state index contributed by atoms with van der Waals surface area (Å²) in [6.45, 7) is -0.898. The van der Waals surface area contributed by atoms with Gasteiger partial charge in [0.15, 0.2) is 16.7 Å². The first-order valence-corrected chi connectivity index (χ1v) is 11.6. The van der Waals surface area contributed by atoms with Crippen LogP contribution < -0.4 is 9.46 Å². The summed E-state index contributed by atoms with van der Waals surface area (Å²) in [4.78, 5) is 3.61. The van der Waals surface area contributed by atoms with Crippen molar-refractivity contribution in [2.45, 2.75) is 24.3 Å². The number of methoxy groups -OCH3 is 2. The van der Waals surface area contributed by atoms with Gasteiger partial charge in [-0.15, -0.1) is 0 Å². The minimum Gasteiger partial charge on any atom is -0.483 e. The Bertz CT molecular complexity index is 1360. The van der Waals surface area contributed by atoms with Crippen LogP contribution in [0.25, 0.3) is 11.0 Å². The average molecular weight is 515 g/mol. The molecule has 0 radical (unpaired) electrons. The number of nitrogens with one attached hydrogen (secondary N) is 1. The Balaban J connectivity index is 1.71. The third-order valence-electron chi connectivity index (χ3n) is 5.11. The maximum Gasteiger partial charge on any atom is 0.280 e. The molecule has 1 N–H and O–H groups in total. The smallest absolute Gasteiger partial charge is 0.280 e. The predicted octanol–water partition coefficient (Wildman–Crippen LogP) is 2.71. The standard InChI is InChI=1S/C20H20F3N5O6S/c1-31-15-8-12(18(22)23)25-20(32-2)17(15)35(29,30)27-19-16-13(33-10-21)6-11(7-14(16)34-26-19)9-28-5-3-4-24-28/h3-8,15,17-18H,9-10H2,1-2H3,(H,26,27). The van der Waals surface area contributed by atoms with Crippen LogP contribution in [0.2, 0.25) is 0 Å². The van der Waals surface area contributed by atoms with Gasteiger partial charge < -0.3 is 18.7 Å². The van der Waals surface area contributed by atoms with Crippen molar-refractivity contribution in [3.05, 3.63) is 47.9 Å². The highest BCUT2D eigenvalue weighted by Crippen LogP contribution is 2.36. The number of anilines is 1. The highest BCUT2D eigenvalue weighted by molar-refractivity contribution is 7.94. The van der Waals surface area contributed by atoms with E-state index in [0.29, 0.717) is 12.1 Å². The van der Waals surface area contributed by atoms with Gasteiger partial charge in [-0.25, -0.2) is 26.6 Å². The zero-order valence-electron chi connectivity index (χ0n) is 18.4. The summed E-state index contributed by atoms with van der Waals surface area (Å²) in [5, 5.41) is 6.28. The largest absolute Gasteiger partial charge is 0.483 e. The average Bonchev–Trinajstić information content (AvgIpc) is 3.48. The minimum atomic E-state index is -4.46. The molecule has 15 heteroatoms. The molecule has 1 aliphatic heterocycles. The van der Waals surface area contributed by atoms with Gasteiger partial charge in [0.05, 0.1) is 13.7 Å². The van der Waals surface area contributed by atoms with Gasteiger partial charge in [-0.1, -0.05) is 5.16 Å². The summed E-state index contributed by atoms with van der Waals surface area (Å²) < 4.78 is 90.4. The van der Waals surface area contributed by atoms with Gasteiger partial charge in [0.1, 0.15) is 22.9 Å². The van der Waals surface area contributed by atoms with Crippen LogP contribution in [0.5, 0.6) is 5.75 Å². The number of rotatable bonds is 9. The lowest BCUT2D eigenvalue weighted by atomic mass is 10.1. The van der Waals surface area contributed by atoms with Gasteiger partial charge in [0.25, 0.3) is 6.43 Å². The number of ether oxygens (including phenoxy) is 3. The maximum absolute atomic E-state index is 13.3. The molecule has 2 unspecified atom stereocenters. The molecule has 35 heavy (non-hydrogen) atoms. The van der Waals surface area contributed by atoms with Crippen molar-refractivity contribution in [2.24, 2.45) is 4.99 Å². The fourth-order valence-corrected chi connectivity index (χ4v) is 5.10. The molecule has 3 aromatic rings. The number of fused-ring (bicyclic) bond motifs is 1. The van der Waals surface area contributed by atoms with Crippen LogP contribution in [-0.4, -0.2) is 68.1 Å². The van der Waals surface area contributed by atoms with Crippen LogP contribution in [0, 0.1) is 0 Å². The summed E-state index contributed by atoms with van der Waals surface area (Å²) in [6.07, 6.45) is -0.0976. The van der Waals surface area contributed by atoms with E-state index in [1.807, 2.05) is 0 Å². The number of aliphatic imine (C=N–C) groups is 1. The Hall–Kier alpha value is -3.59. The van der Waals surface area contributed by atoms with Gasteiger partial charge in [-0.3, -0.25) is 9.40 Å². The maximum atomic E-state index is 13.3. The van der Waals surface area contributed by atoms with Gasteiger partial charge in [0.2, 0.25) is 22.8 Å². The number of hydrogen-bond donors (Lipinski definition) is 1. The molecular weight excluding hydrogens is 495 g/mol. The van der Waals surface area contributed by atoms with Crippen molar-refractivity contribution < 1.29 is 40.3 Å². The van der Waals surface area contributed by atoms with Crippen molar-refractivity contribution in [3.8, 4) is 5.75 Å². The Morgan fingerprint density at radius 1 is 1.29 bits per heavy atom. The van der Waals surface area contributed by atoms with Crippen LogP contribution in [0.1, 0.15) is 5.56 Å². The van der Waals surface area contributed by atoms with E-state index in [1.54, 1.807) is 29.2 Å². The zero-order valence-corrected chi connectivity index (χ0v) is 19.2. The second-order valence-electron chi connectivity index (χ2n) is 7.27. The number of allylic oxidation sites excluding steroid dienone is 1. The number of aromatic nitrogens is 3. The van der Waals surface area contributed by atoms with Crippen LogP contribution in [0.4, 0.5) is 19.0 Å². The van der Waals surface area contributed by atoms with E-state index in [2.05, 4.69) is 20.0 Å². The van der Waals surface area contributed by atoms with Crippen molar-refractivity contribution >= 4 is 32.7 Å². The van der Waals surface area contributed by atoms with E-state index in [-0.39, 0.29) is 22.5 Å². The van der Waals surface area contributed by atoms with E-state index >= 15 is 0 Å². The molecule has 2 atom stereocenters. The molecular formula is C20H20F3N5O6S. The van der Waals surface area contributed by atoms with Gasteiger partial charge in [-0.2, -0.15) is 5.10 Å². The summed E-state index contributed by atoms with van der Waals surface area (Å²) in [5.41, 5.74) is 0.0547. The number of nitrogens with zero attached hydrogens (tertiary/aromatic N) is 4. The molecule has 188 valence electrons. The molecule has 0 amide bonds. The second kappa shape index (κ2) is 9.95. The predicted molar refractivity (Wildman–Crippen MR) is 118 cm³/mol. The topological polar surface area (TPSA) is 130 Å². The molecule has 0 saturated carbocycles.